The summed E-state index contributed by atoms with van der Waals surface area (Å²) in [4.78, 5) is 0. The van der Waals surface area contributed by atoms with E-state index in [4.69, 9.17) is 14.2 Å². The molecule has 2 aliphatic heterocycles. The standard InChI is InChI=1S/C11H20O9/c1-3-5(12)7(14)9(16)11(19-3)18-2-4-6(13)8(15)10(17)20-4/h3-17H,2H2,1H3. The van der Waals surface area contributed by atoms with Crippen LogP contribution in [0.5, 0.6) is 0 Å². The van der Waals surface area contributed by atoms with Gasteiger partial charge in [0, 0.05) is 0 Å². The molecule has 2 aliphatic rings. The van der Waals surface area contributed by atoms with Crippen LogP contribution in [0.15, 0.2) is 0 Å². The number of aliphatic hydroxyl groups is 6. The van der Waals surface area contributed by atoms with Crippen LogP contribution in [0.1, 0.15) is 6.92 Å². The second kappa shape index (κ2) is 6.18. The molecule has 0 aliphatic carbocycles. The summed E-state index contributed by atoms with van der Waals surface area (Å²) in [5.41, 5.74) is 0. The SMILES string of the molecule is CC1OC(OCC2OC(O)C(O)C2O)C(O)C(O)C1O. The molecular formula is C11H20O9. The fourth-order valence-corrected chi connectivity index (χ4v) is 2.21. The lowest BCUT2D eigenvalue weighted by atomic mass is 10.00. The van der Waals surface area contributed by atoms with Crippen LogP contribution in [0, 0.1) is 0 Å². The second-order valence-electron chi connectivity index (χ2n) is 5.06. The van der Waals surface area contributed by atoms with Crippen molar-refractivity contribution >= 4 is 0 Å². The topological polar surface area (TPSA) is 149 Å². The fraction of sp³-hybridized carbons (Fsp3) is 1.00. The molecule has 2 saturated heterocycles. The maximum Gasteiger partial charge on any atom is 0.186 e. The lowest BCUT2D eigenvalue weighted by Gasteiger charge is -2.39. The van der Waals surface area contributed by atoms with E-state index >= 15 is 0 Å². The first-order chi connectivity index (χ1) is 9.32. The van der Waals surface area contributed by atoms with Crippen molar-refractivity contribution < 1.29 is 44.8 Å². The highest BCUT2D eigenvalue weighted by Gasteiger charge is 2.45. The quantitative estimate of drug-likeness (QED) is 0.309. The van der Waals surface area contributed by atoms with E-state index < -0.39 is 55.3 Å². The van der Waals surface area contributed by atoms with E-state index in [9.17, 15) is 30.6 Å². The molecule has 6 N–H and O–H groups in total. The van der Waals surface area contributed by atoms with Crippen LogP contribution in [-0.4, -0.2) is 92.6 Å². The predicted octanol–water partition coefficient (Wildman–Crippen LogP) is -3.73. The van der Waals surface area contributed by atoms with Crippen LogP contribution >= 0.6 is 0 Å². The smallest absolute Gasteiger partial charge is 0.186 e. The van der Waals surface area contributed by atoms with Crippen LogP contribution in [0.25, 0.3) is 0 Å². The molecule has 20 heavy (non-hydrogen) atoms. The number of hydrogen-bond donors (Lipinski definition) is 6. The molecule has 9 nitrogen and oxygen atoms in total. The Morgan fingerprint density at radius 3 is 2.00 bits per heavy atom. The monoisotopic (exact) mass is 296 g/mol. The minimum absolute atomic E-state index is 0.271. The van der Waals surface area contributed by atoms with Crippen molar-refractivity contribution in [2.75, 3.05) is 6.61 Å². The number of rotatable bonds is 3. The van der Waals surface area contributed by atoms with Gasteiger partial charge in [0.2, 0.25) is 0 Å². The minimum Gasteiger partial charge on any atom is -0.388 e. The second-order valence-corrected chi connectivity index (χ2v) is 5.06. The van der Waals surface area contributed by atoms with Gasteiger partial charge in [-0.25, -0.2) is 0 Å². The molecule has 2 fully saturated rings. The number of ether oxygens (including phenoxy) is 3. The molecule has 9 heteroatoms. The number of hydrogen-bond acceptors (Lipinski definition) is 9. The van der Waals surface area contributed by atoms with Gasteiger partial charge < -0.3 is 44.8 Å². The Balaban J connectivity index is 1.88. The Morgan fingerprint density at radius 2 is 1.45 bits per heavy atom. The third-order valence-electron chi connectivity index (χ3n) is 3.57. The lowest BCUT2D eigenvalue weighted by molar-refractivity contribution is -0.299. The van der Waals surface area contributed by atoms with E-state index in [1.54, 1.807) is 0 Å². The van der Waals surface area contributed by atoms with Gasteiger partial charge in [0.1, 0.15) is 36.6 Å². The average molecular weight is 296 g/mol. The van der Waals surface area contributed by atoms with Crippen LogP contribution in [0.2, 0.25) is 0 Å². The maximum atomic E-state index is 9.71. The fourth-order valence-electron chi connectivity index (χ4n) is 2.21. The first-order valence-corrected chi connectivity index (χ1v) is 6.34. The number of aliphatic hydroxyl groups excluding tert-OH is 6. The Morgan fingerprint density at radius 1 is 0.800 bits per heavy atom. The van der Waals surface area contributed by atoms with E-state index in [1.165, 1.54) is 6.92 Å². The normalized spacial score (nSPS) is 53.2. The Bertz CT molecular complexity index is 327. The van der Waals surface area contributed by atoms with Crippen molar-refractivity contribution in [2.45, 2.75) is 62.2 Å². The summed E-state index contributed by atoms with van der Waals surface area (Å²) in [7, 11) is 0. The van der Waals surface area contributed by atoms with E-state index in [2.05, 4.69) is 0 Å². The van der Waals surface area contributed by atoms with E-state index in [0.29, 0.717) is 0 Å². The van der Waals surface area contributed by atoms with Crippen molar-refractivity contribution in [1.29, 1.82) is 0 Å². The summed E-state index contributed by atoms with van der Waals surface area (Å²) in [5.74, 6) is 0. The summed E-state index contributed by atoms with van der Waals surface area (Å²) < 4.78 is 15.2. The molecule has 0 bridgehead atoms. The van der Waals surface area contributed by atoms with Crippen LogP contribution < -0.4 is 0 Å². The Hall–Kier alpha value is -0.360. The van der Waals surface area contributed by atoms with Crippen molar-refractivity contribution in [1.82, 2.24) is 0 Å². The molecule has 2 rings (SSSR count). The summed E-state index contributed by atoms with van der Waals surface area (Å²) >= 11 is 0. The summed E-state index contributed by atoms with van der Waals surface area (Å²) in [6.45, 7) is 1.23. The van der Waals surface area contributed by atoms with Gasteiger partial charge in [0.25, 0.3) is 0 Å². The zero-order valence-electron chi connectivity index (χ0n) is 10.8. The van der Waals surface area contributed by atoms with Gasteiger partial charge in [-0.3, -0.25) is 0 Å². The molecule has 0 saturated carbocycles. The van der Waals surface area contributed by atoms with Gasteiger partial charge in [-0.15, -0.1) is 0 Å². The molecule has 0 spiro atoms. The summed E-state index contributed by atoms with van der Waals surface area (Å²) in [6.07, 6.45) is -11.4. The van der Waals surface area contributed by atoms with E-state index in [0.717, 1.165) is 0 Å². The first kappa shape index (κ1) is 16.0. The molecule has 0 aromatic heterocycles. The molecule has 0 amide bonds. The van der Waals surface area contributed by atoms with E-state index in [-0.39, 0.29) is 6.61 Å². The van der Waals surface area contributed by atoms with E-state index in [1.807, 2.05) is 0 Å². The van der Waals surface area contributed by atoms with Gasteiger partial charge in [-0.1, -0.05) is 0 Å². The first-order valence-electron chi connectivity index (χ1n) is 6.34. The molecule has 0 aromatic carbocycles. The summed E-state index contributed by atoms with van der Waals surface area (Å²) in [5, 5.41) is 56.9. The van der Waals surface area contributed by atoms with Crippen LogP contribution in [-0.2, 0) is 14.2 Å². The third kappa shape index (κ3) is 2.96. The predicted molar refractivity (Wildman–Crippen MR) is 61.2 cm³/mol. The van der Waals surface area contributed by atoms with Crippen molar-refractivity contribution in [3.05, 3.63) is 0 Å². The van der Waals surface area contributed by atoms with Gasteiger partial charge in [-0.05, 0) is 6.92 Å². The summed E-state index contributed by atoms with van der Waals surface area (Å²) in [6, 6.07) is 0. The van der Waals surface area contributed by atoms with Gasteiger partial charge in [0.05, 0.1) is 12.7 Å². The van der Waals surface area contributed by atoms with Gasteiger partial charge in [0.15, 0.2) is 12.6 Å². The highest BCUT2D eigenvalue weighted by molar-refractivity contribution is 4.89. The van der Waals surface area contributed by atoms with Crippen molar-refractivity contribution in [2.24, 2.45) is 0 Å². The Labute approximate surface area is 114 Å². The molecule has 9 unspecified atom stereocenters. The van der Waals surface area contributed by atoms with Crippen LogP contribution in [0.3, 0.4) is 0 Å². The van der Waals surface area contributed by atoms with Gasteiger partial charge in [-0.2, -0.15) is 0 Å². The van der Waals surface area contributed by atoms with Crippen LogP contribution in [0.4, 0.5) is 0 Å². The third-order valence-corrected chi connectivity index (χ3v) is 3.57. The van der Waals surface area contributed by atoms with Crippen molar-refractivity contribution in [3.63, 3.8) is 0 Å². The zero-order valence-corrected chi connectivity index (χ0v) is 10.8. The minimum atomic E-state index is -1.51. The maximum absolute atomic E-state index is 9.71. The van der Waals surface area contributed by atoms with Gasteiger partial charge >= 0.3 is 0 Å². The largest absolute Gasteiger partial charge is 0.388 e. The molecule has 0 aromatic rings. The Kier molecular flexibility index (Phi) is 4.95. The van der Waals surface area contributed by atoms with Crippen molar-refractivity contribution in [3.8, 4) is 0 Å². The highest BCUT2D eigenvalue weighted by Crippen LogP contribution is 2.24. The zero-order chi connectivity index (χ0) is 15.0. The molecule has 118 valence electrons. The molecule has 0 radical (unpaired) electrons. The molecular weight excluding hydrogens is 276 g/mol. The molecule has 9 atom stereocenters. The average Bonchev–Trinajstić information content (AvgIpc) is 2.66. The highest BCUT2D eigenvalue weighted by atomic mass is 16.7. The lowest BCUT2D eigenvalue weighted by Crippen LogP contribution is -2.57. The molecule has 2 heterocycles.